The van der Waals surface area contributed by atoms with Crippen molar-refractivity contribution in [2.45, 2.75) is 6.92 Å². The number of aliphatic carboxylic acids is 1. The van der Waals surface area contributed by atoms with Crippen molar-refractivity contribution in [2.24, 2.45) is 0 Å². The quantitative estimate of drug-likeness (QED) is 0.532. The van der Waals surface area contributed by atoms with E-state index in [1.165, 1.54) is 17.2 Å². The summed E-state index contributed by atoms with van der Waals surface area (Å²) in [6.07, 6.45) is 5.98. The molecule has 3 heteroatoms. The summed E-state index contributed by atoms with van der Waals surface area (Å²) in [7, 11) is 0. The molecule has 0 bridgehead atoms. The van der Waals surface area contributed by atoms with Crippen molar-refractivity contribution in [3.8, 4) is 11.1 Å². The van der Waals surface area contributed by atoms with Gasteiger partial charge in [0.1, 0.15) is 0 Å². The topological polar surface area (TPSA) is 37.3 Å². The SMILES string of the molecule is C/C=C/C=C/C(=O)O.[H-].[K+].c1ccc(-c2ccccc2)cc1. The predicted octanol–water partition coefficient (Wildman–Crippen LogP) is 1.67. The summed E-state index contributed by atoms with van der Waals surface area (Å²) in [6, 6.07) is 20.8. The van der Waals surface area contributed by atoms with Gasteiger partial charge in [-0.2, -0.15) is 0 Å². The van der Waals surface area contributed by atoms with Crippen molar-refractivity contribution >= 4 is 5.97 Å². The largest absolute Gasteiger partial charge is 1.00 e. The van der Waals surface area contributed by atoms with Gasteiger partial charge in [0.2, 0.25) is 0 Å². The molecule has 0 aliphatic rings. The van der Waals surface area contributed by atoms with E-state index in [4.69, 9.17) is 5.11 Å². The van der Waals surface area contributed by atoms with Gasteiger partial charge in [-0.25, -0.2) is 4.79 Å². The van der Waals surface area contributed by atoms with Crippen molar-refractivity contribution in [1.29, 1.82) is 0 Å². The Morgan fingerprint density at radius 2 is 1.33 bits per heavy atom. The molecule has 2 aromatic rings. The van der Waals surface area contributed by atoms with Crippen LogP contribution >= 0.6 is 0 Å². The maximum Gasteiger partial charge on any atom is 1.00 e. The second-order valence-electron chi connectivity index (χ2n) is 3.96. The fourth-order valence-corrected chi connectivity index (χ4v) is 1.51. The molecule has 0 unspecified atom stereocenters. The molecule has 0 saturated carbocycles. The van der Waals surface area contributed by atoms with Crippen molar-refractivity contribution in [3.05, 3.63) is 85.0 Å². The zero-order valence-electron chi connectivity index (χ0n) is 13.4. The van der Waals surface area contributed by atoms with E-state index >= 15 is 0 Å². The number of hydrogen-bond acceptors (Lipinski definition) is 1. The molecule has 2 aromatic carbocycles. The fraction of sp³-hybridized carbons (Fsp3) is 0.0556. The van der Waals surface area contributed by atoms with Crippen LogP contribution in [-0.2, 0) is 4.79 Å². The summed E-state index contributed by atoms with van der Waals surface area (Å²) in [4.78, 5) is 9.75. The third-order valence-electron chi connectivity index (χ3n) is 2.42. The average Bonchev–Trinajstić information content (AvgIpc) is 2.50. The van der Waals surface area contributed by atoms with E-state index < -0.39 is 5.97 Å². The minimum absolute atomic E-state index is 0. The summed E-state index contributed by atoms with van der Waals surface area (Å²) in [5.41, 5.74) is 2.55. The first-order valence-electron chi connectivity index (χ1n) is 6.37. The molecule has 0 fully saturated rings. The molecule has 0 atom stereocenters. The number of rotatable bonds is 3. The average molecular weight is 306 g/mol. The van der Waals surface area contributed by atoms with Crippen LogP contribution in [0.1, 0.15) is 8.35 Å². The summed E-state index contributed by atoms with van der Waals surface area (Å²) in [5, 5.41) is 8.02. The van der Waals surface area contributed by atoms with Gasteiger partial charge in [0.05, 0.1) is 0 Å². The predicted molar refractivity (Wildman–Crippen MR) is 84.6 cm³/mol. The molecule has 104 valence electrons. The number of hydrogen-bond donors (Lipinski definition) is 1. The summed E-state index contributed by atoms with van der Waals surface area (Å²) in [5.74, 6) is -0.914. The third-order valence-corrected chi connectivity index (χ3v) is 2.42. The minimum atomic E-state index is -0.914. The molecule has 0 aromatic heterocycles. The number of allylic oxidation sites excluding steroid dienone is 3. The van der Waals surface area contributed by atoms with Crippen LogP contribution in [0.15, 0.2) is 85.0 Å². The summed E-state index contributed by atoms with van der Waals surface area (Å²) >= 11 is 0. The van der Waals surface area contributed by atoms with E-state index in [2.05, 4.69) is 48.5 Å². The van der Waals surface area contributed by atoms with Gasteiger partial charge in [-0.15, -0.1) is 0 Å². The summed E-state index contributed by atoms with van der Waals surface area (Å²) < 4.78 is 0. The standard InChI is InChI=1S/C12H10.C6H8O2.K.H/c1-3-7-11(8-4-1)12-9-5-2-6-10-12;1-2-3-4-5-6(7)8;;/h1-10H;2-5H,1H3,(H,7,8);;/q;;+1;-1/b;3-2+,5-4+;;. The van der Waals surface area contributed by atoms with Gasteiger partial charge < -0.3 is 6.53 Å². The number of carbonyl (C=O) groups is 1. The van der Waals surface area contributed by atoms with E-state index in [0.717, 1.165) is 6.08 Å². The monoisotopic (exact) mass is 306 g/mol. The molecular formula is C18H19KO2. The molecule has 2 rings (SSSR count). The van der Waals surface area contributed by atoms with Gasteiger partial charge in [0.15, 0.2) is 0 Å². The van der Waals surface area contributed by atoms with Gasteiger partial charge in [0.25, 0.3) is 0 Å². The van der Waals surface area contributed by atoms with Crippen molar-refractivity contribution < 1.29 is 62.7 Å². The van der Waals surface area contributed by atoms with Crippen molar-refractivity contribution in [3.63, 3.8) is 0 Å². The maximum absolute atomic E-state index is 9.75. The van der Waals surface area contributed by atoms with Crippen LogP contribution in [0, 0.1) is 0 Å². The Morgan fingerprint density at radius 1 is 0.905 bits per heavy atom. The maximum atomic E-state index is 9.75. The van der Waals surface area contributed by atoms with Crippen molar-refractivity contribution in [2.75, 3.05) is 0 Å². The number of carboxylic acid groups (broad SMARTS) is 1. The molecular weight excluding hydrogens is 287 g/mol. The zero-order valence-corrected chi connectivity index (χ0v) is 15.6. The normalized spacial score (nSPS) is 9.76. The van der Waals surface area contributed by atoms with Crippen LogP contribution in [-0.4, -0.2) is 11.1 Å². The first kappa shape index (κ1) is 20.0. The molecule has 1 N–H and O–H groups in total. The first-order chi connectivity index (χ1) is 9.74. The van der Waals surface area contributed by atoms with Gasteiger partial charge in [-0.05, 0) is 18.1 Å². The Bertz CT molecular complexity index is 529. The van der Waals surface area contributed by atoms with Gasteiger partial charge in [-0.1, -0.05) is 78.9 Å². The van der Waals surface area contributed by atoms with Gasteiger partial charge in [0, 0.05) is 6.08 Å². The smallest absolute Gasteiger partial charge is 1.00 e. The Labute approximate surface area is 170 Å². The Hall–Kier alpha value is -0.974. The molecule has 21 heavy (non-hydrogen) atoms. The van der Waals surface area contributed by atoms with Crippen LogP contribution in [0.3, 0.4) is 0 Å². The second-order valence-corrected chi connectivity index (χ2v) is 3.96. The Kier molecular flexibility index (Phi) is 12.2. The van der Waals surface area contributed by atoms with Crippen LogP contribution in [0.4, 0.5) is 0 Å². The second kappa shape index (κ2) is 12.7. The number of carboxylic acids is 1. The van der Waals surface area contributed by atoms with E-state index in [-0.39, 0.29) is 52.8 Å². The zero-order chi connectivity index (χ0) is 14.6. The minimum Gasteiger partial charge on any atom is -1.00 e. The molecule has 0 saturated heterocycles. The first-order valence-corrected chi connectivity index (χ1v) is 6.37. The molecule has 0 heterocycles. The van der Waals surface area contributed by atoms with Crippen LogP contribution in [0.2, 0.25) is 0 Å². The van der Waals surface area contributed by atoms with Gasteiger partial charge >= 0.3 is 57.4 Å². The van der Waals surface area contributed by atoms with Crippen LogP contribution in [0.25, 0.3) is 11.1 Å². The Morgan fingerprint density at radius 3 is 1.67 bits per heavy atom. The molecule has 0 aliphatic heterocycles. The van der Waals surface area contributed by atoms with E-state index in [1.807, 2.05) is 19.1 Å². The van der Waals surface area contributed by atoms with E-state index in [0.29, 0.717) is 0 Å². The van der Waals surface area contributed by atoms with Crippen LogP contribution < -0.4 is 51.4 Å². The van der Waals surface area contributed by atoms with E-state index in [1.54, 1.807) is 12.2 Å². The number of benzene rings is 2. The molecule has 0 amide bonds. The Balaban J connectivity index is 0. The van der Waals surface area contributed by atoms with E-state index in [9.17, 15) is 4.79 Å². The molecule has 0 radical (unpaired) electrons. The molecule has 2 nitrogen and oxygen atoms in total. The van der Waals surface area contributed by atoms with Gasteiger partial charge in [-0.3, -0.25) is 0 Å². The van der Waals surface area contributed by atoms with Crippen LogP contribution in [0.5, 0.6) is 0 Å². The molecule has 0 spiro atoms. The summed E-state index contributed by atoms with van der Waals surface area (Å²) in [6.45, 7) is 1.83. The fourth-order valence-electron chi connectivity index (χ4n) is 1.51. The molecule has 0 aliphatic carbocycles. The third kappa shape index (κ3) is 9.55. The van der Waals surface area contributed by atoms with Crippen molar-refractivity contribution in [1.82, 2.24) is 0 Å².